The van der Waals surface area contributed by atoms with Crippen LogP contribution in [0.5, 0.6) is 0 Å². The molecule has 21 heavy (non-hydrogen) atoms. The predicted octanol–water partition coefficient (Wildman–Crippen LogP) is 1.33. The van der Waals surface area contributed by atoms with Crippen LogP contribution < -0.4 is 11.1 Å². The van der Waals surface area contributed by atoms with Crippen LogP contribution in [-0.2, 0) is 0 Å². The number of rotatable bonds is 2. The molecule has 0 spiro atoms. The van der Waals surface area contributed by atoms with E-state index < -0.39 is 5.25 Å². The van der Waals surface area contributed by atoms with Gasteiger partial charge in [0.2, 0.25) is 5.56 Å². The van der Waals surface area contributed by atoms with Gasteiger partial charge in [-0.3, -0.25) is 9.59 Å². The molecule has 106 valence electrons. The average molecular weight is 300 g/mol. The first-order chi connectivity index (χ1) is 10.1. The number of thiol groups is 1. The van der Waals surface area contributed by atoms with Crippen molar-refractivity contribution in [3.8, 4) is 0 Å². The summed E-state index contributed by atoms with van der Waals surface area (Å²) in [4.78, 5) is 28.8. The van der Waals surface area contributed by atoms with Crippen molar-refractivity contribution in [2.24, 2.45) is 0 Å². The molecule has 0 radical (unpaired) electrons. The number of H-pyrrole nitrogens is 2. The number of fused-ring (bicyclic) bond motifs is 1. The van der Waals surface area contributed by atoms with E-state index >= 15 is 0 Å². The summed E-state index contributed by atoms with van der Waals surface area (Å²) in [5.41, 5.74) is 1.13. The van der Waals surface area contributed by atoms with Crippen LogP contribution in [0.4, 0.5) is 0 Å². The molecular formula is C14H12N4O2S. The Hall–Kier alpha value is -2.41. The van der Waals surface area contributed by atoms with Crippen molar-refractivity contribution in [2.75, 3.05) is 0 Å². The van der Waals surface area contributed by atoms with Crippen LogP contribution in [-0.4, -0.2) is 20.2 Å². The first kappa shape index (κ1) is 13.6. The van der Waals surface area contributed by atoms with Crippen molar-refractivity contribution < 1.29 is 0 Å². The highest BCUT2D eigenvalue weighted by Crippen LogP contribution is 2.29. The Morgan fingerprint density at radius 2 is 1.90 bits per heavy atom. The maximum Gasteiger partial charge on any atom is 0.272 e. The van der Waals surface area contributed by atoms with Gasteiger partial charge in [-0.1, -0.05) is 18.2 Å². The quantitative estimate of drug-likeness (QED) is 0.623. The van der Waals surface area contributed by atoms with Crippen molar-refractivity contribution in [1.29, 1.82) is 0 Å². The SMILES string of the molecule is Cc1nnc(C(S)c2cc(=O)[nH]c3ccccc23)[nH]c1=O. The topological polar surface area (TPSA) is 91.5 Å². The zero-order valence-electron chi connectivity index (χ0n) is 11.1. The molecule has 0 bridgehead atoms. The molecule has 0 fully saturated rings. The van der Waals surface area contributed by atoms with E-state index in [9.17, 15) is 9.59 Å². The van der Waals surface area contributed by atoms with E-state index in [2.05, 4.69) is 32.8 Å². The second-order valence-electron chi connectivity index (χ2n) is 4.66. The molecule has 1 aromatic carbocycles. The third kappa shape index (κ3) is 2.47. The van der Waals surface area contributed by atoms with Gasteiger partial charge >= 0.3 is 0 Å². The molecule has 1 atom stereocenters. The van der Waals surface area contributed by atoms with E-state index in [0.29, 0.717) is 16.9 Å². The fourth-order valence-electron chi connectivity index (χ4n) is 2.13. The van der Waals surface area contributed by atoms with Crippen LogP contribution >= 0.6 is 12.6 Å². The highest BCUT2D eigenvalue weighted by Gasteiger charge is 2.17. The van der Waals surface area contributed by atoms with Crippen molar-refractivity contribution in [3.63, 3.8) is 0 Å². The minimum atomic E-state index is -0.544. The van der Waals surface area contributed by atoms with E-state index in [0.717, 1.165) is 5.39 Å². The predicted molar refractivity (Wildman–Crippen MR) is 82.8 cm³/mol. The van der Waals surface area contributed by atoms with Gasteiger partial charge in [0.25, 0.3) is 5.56 Å². The van der Waals surface area contributed by atoms with Crippen LogP contribution in [0, 0.1) is 6.92 Å². The Balaban J connectivity index is 2.21. The monoisotopic (exact) mass is 300 g/mol. The first-order valence-electron chi connectivity index (χ1n) is 6.30. The number of aromatic nitrogens is 4. The summed E-state index contributed by atoms with van der Waals surface area (Å²) in [6, 6.07) is 8.85. The van der Waals surface area contributed by atoms with Gasteiger partial charge in [-0.2, -0.15) is 12.6 Å². The molecule has 2 N–H and O–H groups in total. The van der Waals surface area contributed by atoms with Crippen LogP contribution in [0.3, 0.4) is 0 Å². The number of nitrogens with zero attached hydrogens (tertiary/aromatic N) is 2. The molecule has 2 heterocycles. The zero-order chi connectivity index (χ0) is 15.0. The van der Waals surface area contributed by atoms with Crippen LogP contribution in [0.2, 0.25) is 0 Å². The molecule has 0 saturated heterocycles. The summed E-state index contributed by atoms with van der Waals surface area (Å²) < 4.78 is 0. The van der Waals surface area contributed by atoms with E-state index in [1.54, 1.807) is 6.92 Å². The number of pyridine rings is 1. The first-order valence-corrected chi connectivity index (χ1v) is 6.81. The number of para-hydroxylation sites is 1. The number of hydrogen-bond donors (Lipinski definition) is 3. The van der Waals surface area contributed by atoms with Gasteiger partial charge in [0.1, 0.15) is 11.5 Å². The normalized spacial score (nSPS) is 12.5. The van der Waals surface area contributed by atoms with Gasteiger partial charge in [-0.15, -0.1) is 10.2 Å². The number of benzene rings is 1. The molecule has 0 saturated carbocycles. The molecule has 3 aromatic rings. The molecule has 3 rings (SSSR count). The van der Waals surface area contributed by atoms with Gasteiger partial charge in [0.15, 0.2) is 0 Å². The second-order valence-corrected chi connectivity index (χ2v) is 5.18. The number of hydrogen-bond acceptors (Lipinski definition) is 5. The molecule has 0 aliphatic carbocycles. The lowest BCUT2D eigenvalue weighted by molar-refractivity contribution is 0.814. The largest absolute Gasteiger partial charge is 0.322 e. The van der Waals surface area contributed by atoms with Crippen LogP contribution in [0.25, 0.3) is 10.9 Å². The molecule has 0 aliphatic rings. The maximum atomic E-state index is 11.8. The molecule has 7 heteroatoms. The minimum absolute atomic E-state index is 0.231. The Labute approximate surface area is 124 Å². The van der Waals surface area contributed by atoms with E-state index in [1.165, 1.54) is 6.07 Å². The summed E-state index contributed by atoms with van der Waals surface area (Å²) in [7, 11) is 0. The lowest BCUT2D eigenvalue weighted by Gasteiger charge is -2.12. The van der Waals surface area contributed by atoms with Crippen molar-refractivity contribution in [3.05, 3.63) is 68.1 Å². The maximum absolute atomic E-state index is 11.8. The van der Waals surface area contributed by atoms with Gasteiger partial charge in [-0.25, -0.2) is 0 Å². The summed E-state index contributed by atoms with van der Waals surface area (Å²) in [6.45, 7) is 1.58. The smallest absolute Gasteiger partial charge is 0.272 e. The van der Waals surface area contributed by atoms with Crippen molar-refractivity contribution in [2.45, 2.75) is 12.2 Å². The molecule has 0 aliphatic heterocycles. The molecule has 0 amide bonds. The Kier molecular flexibility index (Phi) is 3.34. The van der Waals surface area contributed by atoms with Gasteiger partial charge in [-0.05, 0) is 18.6 Å². The summed E-state index contributed by atoms with van der Waals surface area (Å²) in [6.07, 6.45) is 0. The van der Waals surface area contributed by atoms with Gasteiger partial charge < -0.3 is 9.97 Å². The number of nitrogens with one attached hydrogen (secondary N) is 2. The van der Waals surface area contributed by atoms with E-state index in [-0.39, 0.29) is 16.8 Å². The average Bonchev–Trinajstić information content (AvgIpc) is 2.48. The van der Waals surface area contributed by atoms with E-state index in [4.69, 9.17) is 0 Å². The second kappa shape index (κ2) is 5.17. The van der Waals surface area contributed by atoms with Gasteiger partial charge in [0, 0.05) is 17.0 Å². The van der Waals surface area contributed by atoms with Crippen LogP contribution in [0.1, 0.15) is 22.3 Å². The summed E-state index contributed by atoms with van der Waals surface area (Å²) in [5.74, 6) is 0.310. The molecule has 2 aromatic heterocycles. The number of aryl methyl sites for hydroxylation is 1. The fraction of sp³-hybridized carbons (Fsp3) is 0.143. The van der Waals surface area contributed by atoms with Crippen molar-refractivity contribution >= 4 is 23.5 Å². The third-order valence-electron chi connectivity index (χ3n) is 3.21. The Bertz CT molecular complexity index is 932. The number of aromatic amines is 2. The minimum Gasteiger partial charge on any atom is -0.322 e. The van der Waals surface area contributed by atoms with Crippen molar-refractivity contribution in [1.82, 2.24) is 20.2 Å². The molecule has 6 nitrogen and oxygen atoms in total. The lowest BCUT2D eigenvalue weighted by atomic mass is 10.1. The third-order valence-corrected chi connectivity index (χ3v) is 3.74. The highest BCUT2D eigenvalue weighted by atomic mass is 32.1. The summed E-state index contributed by atoms with van der Waals surface area (Å²) >= 11 is 4.49. The standard InChI is InChI=1S/C14H12N4O2S/c1-7-14(20)16-13(18-17-7)12(21)9-6-11(19)15-10-5-3-2-4-8(9)10/h2-6,12,21H,1H3,(H,15,19)(H,16,18,20). The fourth-order valence-corrected chi connectivity index (χ4v) is 2.46. The molecule has 1 unspecified atom stereocenters. The Morgan fingerprint density at radius 1 is 1.14 bits per heavy atom. The van der Waals surface area contributed by atoms with E-state index in [1.807, 2.05) is 24.3 Å². The highest BCUT2D eigenvalue weighted by molar-refractivity contribution is 7.80. The van der Waals surface area contributed by atoms with Crippen LogP contribution in [0.15, 0.2) is 39.9 Å². The summed E-state index contributed by atoms with van der Waals surface area (Å²) in [5, 5.41) is 8.06. The van der Waals surface area contributed by atoms with Gasteiger partial charge in [0.05, 0.1) is 5.25 Å². The lowest BCUT2D eigenvalue weighted by Crippen LogP contribution is -2.18. The zero-order valence-corrected chi connectivity index (χ0v) is 12.0. The Morgan fingerprint density at radius 3 is 2.67 bits per heavy atom. The molecular weight excluding hydrogens is 288 g/mol.